The van der Waals surface area contributed by atoms with Gasteiger partial charge in [0.05, 0.1) is 34.1 Å². The summed E-state index contributed by atoms with van der Waals surface area (Å²) in [4.78, 5) is 11.5. The SMILES string of the molecule is O=S(=O)(O)CNc1ccc2cc(S(=O)(=O)O)cc(O)c2c1N=Nc1cc(Nc2nc(F)nc(N(CCCS(=O)(=O)CCOSOOO)c3ccccc3)n2)ccc1S(=O)(=O)O.O=S(=O)=O. The van der Waals surface area contributed by atoms with Crippen molar-refractivity contribution >= 4 is 114 Å². The van der Waals surface area contributed by atoms with Crippen molar-refractivity contribution < 1.29 is 88.3 Å². The van der Waals surface area contributed by atoms with Crippen LogP contribution in [0.3, 0.4) is 0 Å². The number of sulfone groups is 1. The number of nitrogens with one attached hydrogen (secondary N) is 2. The zero-order valence-electron chi connectivity index (χ0n) is 32.1. The van der Waals surface area contributed by atoms with Gasteiger partial charge in [0, 0.05) is 24.0 Å². The summed E-state index contributed by atoms with van der Waals surface area (Å²) >= 11 is 0.216. The number of anilines is 5. The molecule has 5 rings (SSSR count). The van der Waals surface area contributed by atoms with E-state index in [0.717, 1.165) is 30.3 Å². The molecule has 0 fully saturated rings. The highest BCUT2D eigenvalue weighted by molar-refractivity contribution is 7.91. The monoisotopic (exact) mass is 1030 g/mol. The number of benzene rings is 4. The molecule has 0 amide bonds. The molecule has 1 aromatic heterocycles. The number of aromatic hydroxyl groups is 1. The van der Waals surface area contributed by atoms with Gasteiger partial charge in [-0.2, -0.15) is 44.6 Å². The Labute approximate surface area is 372 Å². The van der Waals surface area contributed by atoms with Crippen molar-refractivity contribution in [1.29, 1.82) is 0 Å². The summed E-state index contributed by atoms with van der Waals surface area (Å²) in [5.41, 5.74) is -0.951. The molecule has 0 unspecified atom stereocenters. The van der Waals surface area contributed by atoms with Gasteiger partial charge in [-0.05, 0) is 54.3 Å². The normalized spacial score (nSPS) is 12.1. The second kappa shape index (κ2) is 22.5. The minimum absolute atomic E-state index is 0.00857. The number of para-hydroxylation sites is 1. The number of hydrogen-bond acceptors (Lipinski definition) is 25. The van der Waals surface area contributed by atoms with Crippen LogP contribution in [0.4, 0.5) is 44.7 Å². The summed E-state index contributed by atoms with van der Waals surface area (Å²) in [5, 5.41) is 34.8. The van der Waals surface area contributed by atoms with E-state index in [1.165, 1.54) is 11.0 Å². The minimum Gasteiger partial charge on any atom is -0.507 e. The maximum atomic E-state index is 15.0. The molecule has 7 N–H and O–H groups in total. The lowest BCUT2D eigenvalue weighted by atomic mass is 10.1. The lowest BCUT2D eigenvalue weighted by Crippen LogP contribution is -2.25. The summed E-state index contributed by atoms with van der Waals surface area (Å²) in [5.74, 6) is -3.41. The first kappa shape index (κ1) is 52.0. The first-order chi connectivity index (χ1) is 30.4. The number of halogens is 1. The van der Waals surface area contributed by atoms with Gasteiger partial charge in [-0.25, -0.2) is 13.7 Å². The van der Waals surface area contributed by atoms with Crippen molar-refractivity contribution in [2.24, 2.45) is 10.2 Å². The average molecular weight is 1030 g/mol. The Morgan fingerprint density at radius 2 is 1.52 bits per heavy atom. The summed E-state index contributed by atoms with van der Waals surface area (Å²) in [6.45, 7) is -0.359. The molecular formula is C31H31FN8O19S6. The molecule has 34 heteroatoms. The van der Waals surface area contributed by atoms with Gasteiger partial charge in [0.15, 0.2) is 22.2 Å². The van der Waals surface area contributed by atoms with Gasteiger partial charge in [0.1, 0.15) is 27.9 Å². The Bertz CT molecular complexity index is 3120. The van der Waals surface area contributed by atoms with Crippen molar-refractivity contribution in [1.82, 2.24) is 15.0 Å². The molecule has 352 valence electrons. The number of phenolic OH excluding ortho intramolecular Hbond substituents is 1. The molecule has 0 saturated heterocycles. The zero-order valence-corrected chi connectivity index (χ0v) is 37.0. The molecule has 0 aliphatic rings. The smallest absolute Gasteiger partial charge is 0.425 e. The van der Waals surface area contributed by atoms with Crippen molar-refractivity contribution in [3.63, 3.8) is 0 Å². The predicted molar refractivity (Wildman–Crippen MR) is 224 cm³/mol. The van der Waals surface area contributed by atoms with Crippen LogP contribution < -0.4 is 15.5 Å². The molecule has 1 heterocycles. The maximum absolute atomic E-state index is 15.0. The number of hydrogen-bond donors (Lipinski definition) is 7. The van der Waals surface area contributed by atoms with Crippen LogP contribution in [-0.2, 0) is 64.4 Å². The van der Waals surface area contributed by atoms with E-state index in [-0.39, 0.29) is 65.7 Å². The van der Waals surface area contributed by atoms with Crippen LogP contribution in [0, 0.1) is 6.08 Å². The molecule has 0 spiro atoms. The summed E-state index contributed by atoms with van der Waals surface area (Å²) in [6, 6.07) is 15.1. The Morgan fingerprint density at radius 1 is 0.831 bits per heavy atom. The van der Waals surface area contributed by atoms with E-state index in [4.69, 9.17) is 22.1 Å². The van der Waals surface area contributed by atoms with Gasteiger partial charge < -0.3 is 20.6 Å². The first-order valence-electron chi connectivity index (χ1n) is 17.1. The van der Waals surface area contributed by atoms with E-state index in [1.54, 1.807) is 30.3 Å². The van der Waals surface area contributed by atoms with Crippen LogP contribution in [0.25, 0.3) is 10.8 Å². The second-order valence-corrected chi connectivity index (χ2v) is 19.8. The van der Waals surface area contributed by atoms with Crippen LogP contribution in [0.5, 0.6) is 5.75 Å². The van der Waals surface area contributed by atoms with Crippen molar-refractivity contribution in [2.45, 2.75) is 16.2 Å². The van der Waals surface area contributed by atoms with Crippen LogP contribution in [-0.4, -0.2) is 116 Å². The Hall–Kier alpha value is -5.63. The lowest BCUT2D eigenvalue weighted by molar-refractivity contribution is -0.434. The molecule has 0 radical (unpaired) electrons. The summed E-state index contributed by atoms with van der Waals surface area (Å²) < 4.78 is 175. The Morgan fingerprint density at radius 3 is 2.15 bits per heavy atom. The molecule has 0 aliphatic heterocycles. The van der Waals surface area contributed by atoms with E-state index >= 15 is 4.39 Å². The van der Waals surface area contributed by atoms with Crippen LogP contribution in [0.15, 0.2) is 92.8 Å². The summed E-state index contributed by atoms with van der Waals surface area (Å²) in [7, 11) is -21.4. The molecule has 0 atom stereocenters. The van der Waals surface area contributed by atoms with Gasteiger partial charge >= 0.3 is 16.7 Å². The predicted octanol–water partition coefficient (Wildman–Crippen LogP) is 3.72. The molecule has 4 aromatic carbocycles. The van der Waals surface area contributed by atoms with Gasteiger partial charge in [0.25, 0.3) is 30.4 Å². The third kappa shape index (κ3) is 16.4. The molecule has 27 nitrogen and oxygen atoms in total. The fourth-order valence-electron chi connectivity index (χ4n) is 5.33. The number of aromatic nitrogens is 3. The number of fused-ring (bicyclic) bond motifs is 1. The third-order valence-corrected chi connectivity index (χ3v) is 12.2. The van der Waals surface area contributed by atoms with E-state index in [0.29, 0.717) is 11.8 Å². The standard InChI is InChI=1S/C31H31FN8O16S5.O3S/c32-29-35-30(37-31(36-29)40(21-5-2-1-3-6-21)11-4-13-58(43,44)14-12-54-57-56-55-42)34-20-8-10-26(61(51,52)53)24(16-20)38-39-28-23(33-18-59(45,46)47)9-7-19-15-22(60(48,49)50)17-25(41)27(19)28;1-4(2)3/h1-3,5-10,15-17,33,41-42H,4,11-14,18H2,(H,45,46,47)(H,48,49,50)(H,51,52,53)(H,34,35,36,37);. The fourth-order valence-corrected chi connectivity index (χ4v) is 8.24. The molecule has 0 aliphatic carbocycles. The number of rotatable bonds is 21. The van der Waals surface area contributed by atoms with E-state index in [2.05, 4.69) is 45.2 Å². The fraction of sp³-hybridized carbons (Fsp3) is 0.194. The van der Waals surface area contributed by atoms with Gasteiger partial charge in [-0.15, -0.1) is 27.2 Å². The van der Waals surface area contributed by atoms with Crippen LogP contribution in [0.1, 0.15) is 6.42 Å². The third-order valence-electron chi connectivity index (χ3n) is 7.86. The first-order valence-corrected chi connectivity index (χ1v) is 25.1. The van der Waals surface area contributed by atoms with E-state index < -0.39 is 101 Å². The highest BCUT2D eigenvalue weighted by atomic mass is 32.2. The lowest BCUT2D eigenvalue weighted by Gasteiger charge is -2.23. The Balaban J connectivity index is 0.00000222. The van der Waals surface area contributed by atoms with Crippen LogP contribution in [0.2, 0.25) is 0 Å². The minimum atomic E-state index is -5.06. The molecule has 0 bridgehead atoms. The van der Waals surface area contributed by atoms with Crippen molar-refractivity contribution in [3.8, 4) is 5.75 Å². The summed E-state index contributed by atoms with van der Waals surface area (Å²) in [6.07, 6.45) is -1.30. The molecule has 65 heavy (non-hydrogen) atoms. The van der Waals surface area contributed by atoms with E-state index in [1.807, 2.05) is 0 Å². The molecular weight excluding hydrogens is 1000 g/mol. The topological polar surface area (TPSA) is 407 Å². The van der Waals surface area contributed by atoms with Gasteiger partial charge in [-0.1, -0.05) is 29.3 Å². The highest BCUT2D eigenvalue weighted by Crippen LogP contribution is 2.42. The number of nitrogens with zero attached hydrogens (tertiary/aromatic N) is 6. The molecule has 5 aromatic rings. The van der Waals surface area contributed by atoms with Crippen molar-refractivity contribution in [2.75, 3.05) is 46.1 Å². The average Bonchev–Trinajstić information content (AvgIpc) is 3.19. The highest BCUT2D eigenvalue weighted by Gasteiger charge is 2.22. The van der Waals surface area contributed by atoms with Crippen LogP contribution >= 0.6 is 12.3 Å². The van der Waals surface area contributed by atoms with Crippen molar-refractivity contribution in [3.05, 3.63) is 78.9 Å². The number of phenols is 1. The number of azo groups is 1. The quantitative estimate of drug-likeness (QED) is 0.0137. The van der Waals surface area contributed by atoms with E-state index in [9.17, 15) is 52.4 Å². The second-order valence-electron chi connectivity index (χ2n) is 12.3. The van der Waals surface area contributed by atoms with Gasteiger partial charge in [-0.3, -0.25) is 17.8 Å². The largest absolute Gasteiger partial charge is 0.507 e. The molecule has 0 saturated carbocycles. The maximum Gasteiger partial charge on any atom is 0.425 e. The Kier molecular flexibility index (Phi) is 18.0. The zero-order chi connectivity index (χ0) is 48.2. The van der Waals surface area contributed by atoms with Gasteiger partial charge in [0.2, 0.25) is 11.9 Å².